The van der Waals surface area contributed by atoms with Crippen LogP contribution in [0.25, 0.3) is 10.9 Å². The van der Waals surface area contributed by atoms with E-state index in [4.69, 9.17) is 16.3 Å². The second kappa shape index (κ2) is 7.62. The number of carbonyl (C=O) groups excluding carboxylic acids is 1. The fourth-order valence-electron chi connectivity index (χ4n) is 2.86. The number of ether oxygens (including phenoxy) is 1. The normalized spacial score (nSPS) is 10.8. The Bertz CT molecular complexity index is 879. The van der Waals surface area contributed by atoms with E-state index in [0.717, 1.165) is 28.1 Å². The molecule has 1 amide bonds. The highest BCUT2D eigenvalue weighted by Gasteiger charge is 2.07. The summed E-state index contributed by atoms with van der Waals surface area (Å²) in [6.45, 7) is 4.41. The molecule has 25 heavy (non-hydrogen) atoms. The van der Waals surface area contributed by atoms with Gasteiger partial charge in [0.25, 0.3) is 5.91 Å². The number of benzene rings is 2. The summed E-state index contributed by atoms with van der Waals surface area (Å²) < 4.78 is 5.57. The van der Waals surface area contributed by atoms with Crippen LogP contribution >= 0.6 is 11.6 Å². The van der Waals surface area contributed by atoms with Crippen LogP contribution in [0.5, 0.6) is 5.75 Å². The molecule has 0 atom stereocenters. The second-order valence-corrected chi connectivity index (χ2v) is 6.50. The maximum Gasteiger partial charge on any atom is 0.257 e. The molecular formula is C20H21ClN2O2. The number of para-hydroxylation sites is 1. The number of nitrogens with one attached hydrogen (secondary N) is 2. The van der Waals surface area contributed by atoms with E-state index in [9.17, 15) is 4.79 Å². The molecule has 0 bridgehead atoms. The number of H-pyrrole nitrogens is 1. The Hall–Kier alpha value is -2.46. The first kappa shape index (κ1) is 17.4. The van der Waals surface area contributed by atoms with E-state index < -0.39 is 0 Å². The molecule has 0 saturated heterocycles. The summed E-state index contributed by atoms with van der Waals surface area (Å²) in [7, 11) is 0. The minimum Gasteiger partial charge on any atom is -0.484 e. The molecule has 1 heterocycles. The van der Waals surface area contributed by atoms with Gasteiger partial charge in [-0.05, 0) is 55.2 Å². The number of fused-ring (bicyclic) bond motifs is 1. The molecule has 1 aromatic heterocycles. The summed E-state index contributed by atoms with van der Waals surface area (Å²) in [4.78, 5) is 15.2. The summed E-state index contributed by atoms with van der Waals surface area (Å²) in [5.41, 5.74) is 4.19. The van der Waals surface area contributed by atoms with Gasteiger partial charge in [-0.2, -0.15) is 0 Å². The molecule has 0 radical (unpaired) electrons. The zero-order chi connectivity index (χ0) is 17.8. The van der Waals surface area contributed by atoms with Crippen molar-refractivity contribution in [3.8, 4) is 5.75 Å². The molecule has 0 aliphatic heterocycles. The van der Waals surface area contributed by atoms with Gasteiger partial charge in [0.15, 0.2) is 6.61 Å². The van der Waals surface area contributed by atoms with Crippen LogP contribution in [0, 0.1) is 13.8 Å². The molecule has 0 saturated carbocycles. The molecule has 0 spiro atoms. The van der Waals surface area contributed by atoms with Crippen LogP contribution in [0.3, 0.4) is 0 Å². The Morgan fingerprint density at radius 3 is 2.68 bits per heavy atom. The Kier molecular flexibility index (Phi) is 5.29. The zero-order valence-corrected chi connectivity index (χ0v) is 15.1. The quantitative estimate of drug-likeness (QED) is 0.696. The summed E-state index contributed by atoms with van der Waals surface area (Å²) in [5.74, 6) is 0.524. The van der Waals surface area contributed by atoms with E-state index in [0.29, 0.717) is 12.3 Å². The summed E-state index contributed by atoms with van der Waals surface area (Å²) >= 11 is 6.13. The van der Waals surface area contributed by atoms with Crippen LogP contribution in [0.2, 0.25) is 5.02 Å². The highest BCUT2D eigenvalue weighted by Crippen LogP contribution is 2.25. The van der Waals surface area contributed by atoms with E-state index in [-0.39, 0.29) is 12.5 Å². The summed E-state index contributed by atoms with van der Waals surface area (Å²) in [6.07, 6.45) is 2.77. The van der Waals surface area contributed by atoms with Crippen LogP contribution < -0.4 is 10.1 Å². The van der Waals surface area contributed by atoms with Crippen molar-refractivity contribution >= 4 is 28.4 Å². The lowest BCUT2D eigenvalue weighted by Gasteiger charge is -2.10. The Morgan fingerprint density at radius 2 is 1.92 bits per heavy atom. The fourth-order valence-corrected chi connectivity index (χ4v) is 2.97. The van der Waals surface area contributed by atoms with Gasteiger partial charge in [0.05, 0.1) is 0 Å². The molecule has 0 aliphatic rings. The van der Waals surface area contributed by atoms with Crippen molar-refractivity contribution in [2.24, 2.45) is 0 Å². The highest BCUT2D eigenvalue weighted by molar-refractivity contribution is 6.32. The van der Waals surface area contributed by atoms with Crippen molar-refractivity contribution in [3.05, 3.63) is 64.3 Å². The van der Waals surface area contributed by atoms with Gasteiger partial charge < -0.3 is 15.0 Å². The number of hydrogen-bond donors (Lipinski definition) is 2. The van der Waals surface area contributed by atoms with Crippen molar-refractivity contribution in [2.75, 3.05) is 13.2 Å². The smallest absolute Gasteiger partial charge is 0.257 e. The van der Waals surface area contributed by atoms with Crippen molar-refractivity contribution in [1.29, 1.82) is 0 Å². The van der Waals surface area contributed by atoms with E-state index in [1.165, 1.54) is 10.9 Å². The fraction of sp³-hybridized carbons (Fsp3) is 0.250. The average molecular weight is 357 g/mol. The first-order valence-corrected chi connectivity index (χ1v) is 8.63. The van der Waals surface area contributed by atoms with E-state index >= 15 is 0 Å². The summed E-state index contributed by atoms with van der Waals surface area (Å²) in [6, 6.07) is 11.8. The lowest BCUT2D eigenvalue weighted by atomic mass is 10.1. The Labute approximate surface area is 152 Å². The van der Waals surface area contributed by atoms with Gasteiger partial charge in [-0.15, -0.1) is 0 Å². The van der Waals surface area contributed by atoms with Crippen LogP contribution in [-0.2, 0) is 11.2 Å². The second-order valence-electron chi connectivity index (χ2n) is 6.12. The molecule has 3 aromatic rings. The number of rotatable bonds is 6. The first-order valence-electron chi connectivity index (χ1n) is 8.26. The predicted octanol–water partition coefficient (Wildman–Crippen LogP) is 4.18. The van der Waals surface area contributed by atoms with Crippen LogP contribution in [0.4, 0.5) is 0 Å². The molecule has 0 fully saturated rings. The SMILES string of the molecule is Cc1cc(OCC(=O)NCCc2c[nH]c3ccccc23)cc(C)c1Cl. The van der Waals surface area contributed by atoms with Crippen LogP contribution in [-0.4, -0.2) is 24.0 Å². The minimum absolute atomic E-state index is 0.00556. The number of carbonyl (C=O) groups is 1. The summed E-state index contributed by atoms with van der Waals surface area (Å²) in [5, 5.41) is 4.82. The molecule has 130 valence electrons. The van der Waals surface area contributed by atoms with Crippen molar-refractivity contribution in [3.63, 3.8) is 0 Å². The van der Waals surface area contributed by atoms with Gasteiger partial charge in [-0.25, -0.2) is 0 Å². The van der Waals surface area contributed by atoms with Crippen LogP contribution in [0.1, 0.15) is 16.7 Å². The van der Waals surface area contributed by atoms with E-state index in [1.807, 2.05) is 50.4 Å². The molecular weight excluding hydrogens is 336 g/mol. The lowest BCUT2D eigenvalue weighted by Crippen LogP contribution is -2.30. The van der Waals surface area contributed by atoms with Gasteiger partial charge >= 0.3 is 0 Å². The Balaban J connectivity index is 1.48. The predicted molar refractivity (Wildman–Crippen MR) is 101 cm³/mol. The topological polar surface area (TPSA) is 54.1 Å². The van der Waals surface area contributed by atoms with Crippen molar-refractivity contribution in [1.82, 2.24) is 10.3 Å². The monoisotopic (exact) mass is 356 g/mol. The van der Waals surface area contributed by atoms with Gasteiger partial charge in [0, 0.05) is 28.7 Å². The van der Waals surface area contributed by atoms with Gasteiger partial charge in [0.1, 0.15) is 5.75 Å². The van der Waals surface area contributed by atoms with E-state index in [1.54, 1.807) is 0 Å². The van der Waals surface area contributed by atoms with Gasteiger partial charge in [-0.1, -0.05) is 29.8 Å². The third-order valence-corrected chi connectivity index (χ3v) is 4.77. The van der Waals surface area contributed by atoms with E-state index in [2.05, 4.69) is 16.4 Å². The van der Waals surface area contributed by atoms with Crippen molar-refractivity contribution < 1.29 is 9.53 Å². The average Bonchev–Trinajstić information content (AvgIpc) is 3.01. The Morgan fingerprint density at radius 1 is 1.20 bits per heavy atom. The minimum atomic E-state index is -0.134. The zero-order valence-electron chi connectivity index (χ0n) is 14.4. The number of aryl methyl sites for hydroxylation is 2. The molecule has 0 unspecified atom stereocenters. The molecule has 2 N–H and O–H groups in total. The molecule has 0 aliphatic carbocycles. The number of amides is 1. The van der Waals surface area contributed by atoms with Crippen molar-refractivity contribution in [2.45, 2.75) is 20.3 Å². The molecule has 5 heteroatoms. The molecule has 4 nitrogen and oxygen atoms in total. The maximum atomic E-state index is 12.0. The molecule has 2 aromatic carbocycles. The van der Waals surface area contributed by atoms with Gasteiger partial charge in [0.2, 0.25) is 0 Å². The first-order chi connectivity index (χ1) is 12.0. The standard InChI is InChI=1S/C20H21ClN2O2/c1-13-9-16(10-14(2)20(13)21)25-12-19(24)22-8-7-15-11-23-18-6-4-3-5-17(15)18/h3-6,9-11,23H,7-8,12H2,1-2H3,(H,22,24). The number of halogens is 1. The highest BCUT2D eigenvalue weighted by atomic mass is 35.5. The largest absolute Gasteiger partial charge is 0.484 e. The third-order valence-electron chi connectivity index (χ3n) is 4.17. The van der Waals surface area contributed by atoms with Crippen LogP contribution in [0.15, 0.2) is 42.6 Å². The van der Waals surface area contributed by atoms with Gasteiger partial charge in [-0.3, -0.25) is 4.79 Å². The maximum absolute atomic E-state index is 12.0. The number of aromatic amines is 1. The molecule has 3 rings (SSSR count). The number of aromatic nitrogens is 1. The lowest BCUT2D eigenvalue weighted by molar-refractivity contribution is -0.123. The number of hydrogen-bond acceptors (Lipinski definition) is 2. The third kappa shape index (κ3) is 4.15.